The average molecular weight is 161 g/mol. The van der Waals surface area contributed by atoms with Crippen LogP contribution < -0.4 is 5.32 Å². The van der Waals surface area contributed by atoms with E-state index in [4.69, 9.17) is 0 Å². The molecule has 0 heterocycles. The fourth-order valence-corrected chi connectivity index (χ4v) is 1.06. The van der Waals surface area contributed by atoms with E-state index >= 15 is 0 Å². The molecule has 0 bridgehead atoms. The summed E-state index contributed by atoms with van der Waals surface area (Å²) in [5.41, 5.74) is 2.51. The molecule has 64 valence electrons. The van der Waals surface area contributed by atoms with E-state index in [0.717, 1.165) is 6.54 Å². The minimum atomic E-state index is 0.904. The quantitative estimate of drug-likeness (QED) is 0.672. The molecule has 0 amide bonds. The molecule has 0 unspecified atom stereocenters. The van der Waals surface area contributed by atoms with Crippen LogP contribution in [0.1, 0.15) is 12.5 Å². The van der Waals surface area contributed by atoms with Crippen LogP contribution in [0.5, 0.6) is 0 Å². The molecular weight excluding hydrogens is 146 g/mol. The number of benzene rings is 1. The molecule has 1 aromatic rings. The Morgan fingerprint density at radius 3 is 2.75 bits per heavy atom. The van der Waals surface area contributed by atoms with E-state index in [1.165, 1.54) is 11.3 Å². The first-order valence-corrected chi connectivity index (χ1v) is 4.25. The molecule has 1 aromatic carbocycles. The van der Waals surface area contributed by atoms with Crippen molar-refractivity contribution in [1.82, 2.24) is 0 Å². The first kappa shape index (κ1) is 8.85. The summed E-state index contributed by atoms with van der Waals surface area (Å²) in [7, 11) is 0. The number of para-hydroxylation sites is 1. The fraction of sp³-hybridized carbons (Fsp3) is 0.273. The second-order valence-electron chi connectivity index (χ2n) is 2.76. The van der Waals surface area contributed by atoms with E-state index in [1.54, 1.807) is 0 Å². The molecule has 0 atom stereocenters. The molecule has 0 fully saturated rings. The molecule has 12 heavy (non-hydrogen) atoms. The van der Waals surface area contributed by atoms with E-state index < -0.39 is 0 Å². The lowest BCUT2D eigenvalue weighted by molar-refractivity contribution is 1.29. The molecule has 0 aliphatic carbocycles. The minimum absolute atomic E-state index is 0.904. The fourth-order valence-electron chi connectivity index (χ4n) is 1.06. The predicted molar refractivity (Wildman–Crippen MR) is 54.5 cm³/mol. The third-order valence-corrected chi connectivity index (χ3v) is 1.79. The van der Waals surface area contributed by atoms with E-state index in [1.807, 2.05) is 19.1 Å². The van der Waals surface area contributed by atoms with Gasteiger partial charge in [0.15, 0.2) is 0 Å². The van der Waals surface area contributed by atoms with Crippen LogP contribution in [0.2, 0.25) is 0 Å². The van der Waals surface area contributed by atoms with E-state index in [2.05, 4.69) is 36.5 Å². The first-order chi connectivity index (χ1) is 5.84. The van der Waals surface area contributed by atoms with Gasteiger partial charge >= 0.3 is 0 Å². The monoisotopic (exact) mass is 161 g/mol. The first-order valence-electron chi connectivity index (χ1n) is 4.25. The summed E-state index contributed by atoms with van der Waals surface area (Å²) in [6, 6.07) is 8.30. The predicted octanol–water partition coefficient (Wildman–Crippen LogP) is 2.98. The molecular formula is C11H15N. The highest BCUT2D eigenvalue weighted by atomic mass is 14.9. The van der Waals surface area contributed by atoms with Gasteiger partial charge in [-0.05, 0) is 25.5 Å². The van der Waals surface area contributed by atoms with Gasteiger partial charge in [-0.2, -0.15) is 0 Å². The van der Waals surface area contributed by atoms with Crippen molar-refractivity contribution in [2.75, 3.05) is 11.9 Å². The molecule has 0 saturated heterocycles. The van der Waals surface area contributed by atoms with E-state index in [-0.39, 0.29) is 0 Å². The van der Waals surface area contributed by atoms with Crippen LogP contribution in [-0.4, -0.2) is 6.54 Å². The lowest BCUT2D eigenvalue weighted by Gasteiger charge is -2.05. The maximum Gasteiger partial charge on any atom is 0.0372 e. The van der Waals surface area contributed by atoms with Crippen LogP contribution >= 0.6 is 0 Å². The van der Waals surface area contributed by atoms with Crippen molar-refractivity contribution < 1.29 is 0 Å². The van der Waals surface area contributed by atoms with Crippen LogP contribution in [0.3, 0.4) is 0 Å². The van der Waals surface area contributed by atoms with Gasteiger partial charge < -0.3 is 5.32 Å². The highest BCUT2D eigenvalue weighted by Gasteiger charge is 1.91. The van der Waals surface area contributed by atoms with Gasteiger partial charge in [0.25, 0.3) is 0 Å². The largest absolute Gasteiger partial charge is 0.381 e. The lowest BCUT2D eigenvalue weighted by Crippen LogP contribution is -1.99. The maximum atomic E-state index is 3.33. The summed E-state index contributed by atoms with van der Waals surface area (Å²) in [4.78, 5) is 0. The average Bonchev–Trinajstić information content (AvgIpc) is 2.09. The summed E-state index contributed by atoms with van der Waals surface area (Å²) < 4.78 is 0. The number of hydrogen-bond acceptors (Lipinski definition) is 1. The highest BCUT2D eigenvalue weighted by Crippen LogP contribution is 2.12. The topological polar surface area (TPSA) is 12.0 Å². The number of rotatable bonds is 3. The molecule has 1 N–H and O–H groups in total. The second kappa shape index (κ2) is 4.60. The molecule has 0 aliphatic heterocycles. The van der Waals surface area contributed by atoms with Crippen molar-refractivity contribution in [1.29, 1.82) is 0 Å². The van der Waals surface area contributed by atoms with Gasteiger partial charge in [0.05, 0.1) is 0 Å². The normalized spacial score (nSPS) is 10.5. The van der Waals surface area contributed by atoms with Gasteiger partial charge in [0, 0.05) is 12.2 Å². The zero-order valence-electron chi connectivity index (χ0n) is 7.67. The minimum Gasteiger partial charge on any atom is -0.381 e. The van der Waals surface area contributed by atoms with Crippen LogP contribution in [0.25, 0.3) is 0 Å². The number of anilines is 1. The Balaban J connectivity index is 2.57. The Hall–Kier alpha value is -1.24. The molecule has 0 saturated carbocycles. The van der Waals surface area contributed by atoms with Crippen molar-refractivity contribution >= 4 is 5.69 Å². The van der Waals surface area contributed by atoms with Gasteiger partial charge in [-0.25, -0.2) is 0 Å². The summed E-state index contributed by atoms with van der Waals surface area (Å²) in [5.74, 6) is 0. The molecule has 0 aliphatic rings. The highest BCUT2D eigenvalue weighted by molar-refractivity contribution is 5.50. The van der Waals surface area contributed by atoms with Crippen molar-refractivity contribution in [3.05, 3.63) is 42.0 Å². The van der Waals surface area contributed by atoms with Crippen LogP contribution in [-0.2, 0) is 0 Å². The van der Waals surface area contributed by atoms with Crippen molar-refractivity contribution in [3.63, 3.8) is 0 Å². The summed E-state index contributed by atoms with van der Waals surface area (Å²) in [6.45, 7) is 5.04. The number of hydrogen-bond donors (Lipinski definition) is 1. The van der Waals surface area contributed by atoms with Gasteiger partial charge in [-0.1, -0.05) is 30.4 Å². The second-order valence-corrected chi connectivity index (χ2v) is 2.76. The van der Waals surface area contributed by atoms with Gasteiger partial charge in [0.1, 0.15) is 0 Å². The van der Waals surface area contributed by atoms with Crippen molar-refractivity contribution in [3.8, 4) is 0 Å². The Labute approximate surface area is 74.1 Å². The third kappa shape index (κ3) is 2.42. The van der Waals surface area contributed by atoms with Gasteiger partial charge in [-0.15, -0.1) is 0 Å². The third-order valence-electron chi connectivity index (χ3n) is 1.79. The maximum absolute atomic E-state index is 3.33. The summed E-state index contributed by atoms with van der Waals surface area (Å²) in [5, 5.41) is 3.33. The lowest BCUT2D eigenvalue weighted by atomic mass is 10.2. The Kier molecular flexibility index (Phi) is 3.39. The number of aryl methyl sites for hydroxylation is 1. The molecule has 0 radical (unpaired) electrons. The summed E-state index contributed by atoms with van der Waals surface area (Å²) in [6.07, 6.45) is 4.15. The Bertz CT molecular complexity index is 263. The zero-order valence-corrected chi connectivity index (χ0v) is 7.67. The molecule has 0 aromatic heterocycles. The smallest absolute Gasteiger partial charge is 0.0372 e. The molecule has 0 spiro atoms. The zero-order chi connectivity index (χ0) is 8.81. The summed E-state index contributed by atoms with van der Waals surface area (Å²) >= 11 is 0. The molecule has 1 nitrogen and oxygen atoms in total. The van der Waals surface area contributed by atoms with Crippen LogP contribution in [0, 0.1) is 6.92 Å². The Morgan fingerprint density at radius 2 is 2.08 bits per heavy atom. The SMILES string of the molecule is C/C=C\CNc1ccccc1C. The van der Waals surface area contributed by atoms with Crippen LogP contribution in [0.4, 0.5) is 5.69 Å². The standard InChI is InChI=1S/C11H15N/c1-3-4-9-12-11-8-6-5-7-10(11)2/h3-8,12H,9H2,1-2H3/b4-3-. The molecule has 1 rings (SSSR count). The Morgan fingerprint density at radius 1 is 1.33 bits per heavy atom. The van der Waals surface area contributed by atoms with Gasteiger partial charge in [-0.3, -0.25) is 0 Å². The van der Waals surface area contributed by atoms with Crippen molar-refractivity contribution in [2.45, 2.75) is 13.8 Å². The number of nitrogens with one attached hydrogen (secondary N) is 1. The van der Waals surface area contributed by atoms with Gasteiger partial charge in [0.2, 0.25) is 0 Å². The van der Waals surface area contributed by atoms with E-state index in [9.17, 15) is 0 Å². The van der Waals surface area contributed by atoms with Crippen molar-refractivity contribution in [2.24, 2.45) is 0 Å². The van der Waals surface area contributed by atoms with Crippen LogP contribution in [0.15, 0.2) is 36.4 Å². The molecule has 1 heteroatoms. The number of allylic oxidation sites excluding steroid dienone is 1. The van der Waals surface area contributed by atoms with E-state index in [0.29, 0.717) is 0 Å².